The molecule has 0 N–H and O–H groups in total. The summed E-state index contributed by atoms with van der Waals surface area (Å²) in [6, 6.07) is 10.4. The maximum Gasteiger partial charge on any atom is 0.253 e. The summed E-state index contributed by atoms with van der Waals surface area (Å²) in [5.41, 5.74) is 1.46. The molecule has 2 aliphatic rings. The maximum absolute atomic E-state index is 13.1. The second kappa shape index (κ2) is 9.89. The molecule has 2 aromatic rings. The molecule has 2 aliphatic heterocycles. The highest BCUT2D eigenvalue weighted by Gasteiger charge is 2.28. The highest BCUT2D eigenvalue weighted by molar-refractivity contribution is 7.89. The Kier molecular flexibility index (Phi) is 7.13. The Morgan fingerprint density at radius 3 is 2.39 bits per heavy atom. The predicted octanol–water partition coefficient (Wildman–Crippen LogP) is 3.06. The molecule has 0 aliphatic carbocycles. The van der Waals surface area contributed by atoms with Gasteiger partial charge in [0.1, 0.15) is 4.90 Å². The summed E-state index contributed by atoms with van der Waals surface area (Å²) in [4.78, 5) is 17.1. The molecule has 1 saturated heterocycles. The van der Waals surface area contributed by atoms with Gasteiger partial charge in [-0.25, -0.2) is 8.42 Å². The van der Waals surface area contributed by atoms with E-state index in [9.17, 15) is 13.2 Å². The lowest BCUT2D eigenvalue weighted by Gasteiger charge is -2.35. The highest BCUT2D eigenvalue weighted by Crippen LogP contribution is 2.33. The number of amides is 1. The zero-order valence-corrected chi connectivity index (χ0v) is 20.4. The summed E-state index contributed by atoms with van der Waals surface area (Å²) >= 11 is 6.21. The van der Waals surface area contributed by atoms with Crippen molar-refractivity contribution in [1.29, 1.82) is 0 Å². The Labute approximate surface area is 199 Å². The molecular formula is C23H28ClN3O5S. The lowest BCUT2D eigenvalue weighted by Crippen LogP contribution is -2.48. The largest absolute Gasteiger partial charge is 0.454 e. The van der Waals surface area contributed by atoms with Gasteiger partial charge in [-0.15, -0.1) is 0 Å². The highest BCUT2D eigenvalue weighted by atomic mass is 35.5. The van der Waals surface area contributed by atoms with Crippen LogP contribution in [0.15, 0.2) is 41.3 Å². The molecule has 1 amide bonds. The number of piperazine rings is 1. The molecule has 2 aromatic carbocycles. The number of rotatable bonds is 7. The van der Waals surface area contributed by atoms with E-state index in [0.717, 1.165) is 36.7 Å². The first-order valence-electron chi connectivity index (χ1n) is 11.0. The fraction of sp³-hybridized carbons (Fsp3) is 0.435. The number of ether oxygens (including phenoxy) is 2. The van der Waals surface area contributed by atoms with Gasteiger partial charge in [0.25, 0.3) is 5.91 Å². The summed E-state index contributed by atoms with van der Waals surface area (Å²) in [6.45, 7) is 7.77. The second-order valence-electron chi connectivity index (χ2n) is 7.99. The first-order valence-corrected chi connectivity index (χ1v) is 12.8. The Hall–Kier alpha value is -2.33. The fourth-order valence-electron chi connectivity index (χ4n) is 4.13. The van der Waals surface area contributed by atoms with E-state index in [1.54, 1.807) is 24.8 Å². The van der Waals surface area contributed by atoms with Crippen LogP contribution in [0.2, 0.25) is 5.02 Å². The van der Waals surface area contributed by atoms with Gasteiger partial charge in [-0.05, 0) is 35.9 Å². The van der Waals surface area contributed by atoms with Crippen LogP contribution in [0.5, 0.6) is 11.5 Å². The lowest BCUT2D eigenvalue weighted by atomic mass is 10.1. The van der Waals surface area contributed by atoms with Crippen molar-refractivity contribution < 1.29 is 22.7 Å². The smallest absolute Gasteiger partial charge is 0.253 e. The molecule has 0 radical (unpaired) electrons. The van der Waals surface area contributed by atoms with Crippen LogP contribution in [0.1, 0.15) is 29.8 Å². The van der Waals surface area contributed by atoms with E-state index in [1.165, 1.54) is 16.4 Å². The average Bonchev–Trinajstić information content (AvgIpc) is 3.28. The SMILES string of the molecule is CCN(CC)S(=O)(=O)c1cc(C(=O)N2CCN(Cc3ccc4c(c3)OCO4)CC2)ccc1Cl. The Morgan fingerprint density at radius 2 is 1.70 bits per heavy atom. The van der Waals surface area contributed by atoms with Crippen molar-refractivity contribution in [2.75, 3.05) is 46.1 Å². The first kappa shape index (κ1) is 23.8. The third-order valence-corrected chi connectivity index (χ3v) is 8.54. The van der Waals surface area contributed by atoms with Crippen molar-refractivity contribution >= 4 is 27.5 Å². The molecule has 10 heteroatoms. The third kappa shape index (κ3) is 4.96. The van der Waals surface area contributed by atoms with Crippen LogP contribution in [0.3, 0.4) is 0 Å². The van der Waals surface area contributed by atoms with E-state index in [-0.39, 0.29) is 22.6 Å². The molecule has 1 fully saturated rings. The predicted molar refractivity (Wildman–Crippen MR) is 125 cm³/mol. The van der Waals surface area contributed by atoms with Gasteiger partial charge >= 0.3 is 0 Å². The number of halogens is 1. The molecule has 0 aromatic heterocycles. The van der Waals surface area contributed by atoms with Crippen LogP contribution in [0.4, 0.5) is 0 Å². The van der Waals surface area contributed by atoms with Gasteiger partial charge in [0.2, 0.25) is 16.8 Å². The van der Waals surface area contributed by atoms with Crippen LogP contribution in [-0.2, 0) is 16.6 Å². The zero-order valence-electron chi connectivity index (χ0n) is 18.8. The van der Waals surface area contributed by atoms with Crippen LogP contribution in [-0.4, -0.2) is 74.5 Å². The zero-order chi connectivity index (χ0) is 23.6. The molecule has 0 atom stereocenters. The van der Waals surface area contributed by atoms with E-state index in [1.807, 2.05) is 18.2 Å². The number of benzene rings is 2. The number of carbonyl (C=O) groups is 1. The number of fused-ring (bicyclic) bond motifs is 1. The minimum Gasteiger partial charge on any atom is -0.454 e. The number of hydrogen-bond donors (Lipinski definition) is 0. The van der Waals surface area contributed by atoms with Gasteiger partial charge < -0.3 is 14.4 Å². The van der Waals surface area contributed by atoms with Crippen LogP contribution in [0.25, 0.3) is 0 Å². The molecule has 0 spiro atoms. The van der Waals surface area contributed by atoms with Crippen molar-refractivity contribution in [3.05, 3.63) is 52.5 Å². The van der Waals surface area contributed by atoms with Crippen molar-refractivity contribution in [3.8, 4) is 11.5 Å². The summed E-state index contributed by atoms with van der Waals surface area (Å²) in [5.74, 6) is 1.34. The fourth-order valence-corrected chi connectivity index (χ4v) is 6.08. The minimum absolute atomic E-state index is 0.0276. The number of hydrogen-bond acceptors (Lipinski definition) is 6. The van der Waals surface area contributed by atoms with Crippen LogP contribution >= 0.6 is 11.6 Å². The molecule has 2 heterocycles. The van der Waals surface area contributed by atoms with Gasteiger partial charge in [-0.1, -0.05) is 31.5 Å². The molecule has 0 unspecified atom stereocenters. The minimum atomic E-state index is -3.76. The monoisotopic (exact) mass is 493 g/mol. The summed E-state index contributed by atoms with van der Waals surface area (Å²) in [5, 5.41) is 0.118. The van der Waals surface area contributed by atoms with Gasteiger partial charge in [-0.3, -0.25) is 9.69 Å². The van der Waals surface area contributed by atoms with E-state index in [0.29, 0.717) is 31.7 Å². The summed E-state index contributed by atoms with van der Waals surface area (Å²) in [6.07, 6.45) is 0. The van der Waals surface area contributed by atoms with E-state index < -0.39 is 10.0 Å². The van der Waals surface area contributed by atoms with Crippen molar-refractivity contribution in [3.63, 3.8) is 0 Å². The van der Waals surface area contributed by atoms with Crippen LogP contribution in [0, 0.1) is 0 Å². The average molecular weight is 494 g/mol. The van der Waals surface area contributed by atoms with Gasteiger partial charge in [0.15, 0.2) is 11.5 Å². The lowest BCUT2D eigenvalue weighted by molar-refractivity contribution is 0.0628. The standard InChI is InChI=1S/C23H28ClN3O5S/c1-3-27(4-2)33(29,30)22-14-18(6-7-19(22)24)23(28)26-11-9-25(10-12-26)15-17-5-8-20-21(13-17)32-16-31-20/h5-8,13-14H,3-4,9-12,15-16H2,1-2H3. The number of sulfonamides is 1. The van der Waals surface area contributed by atoms with E-state index >= 15 is 0 Å². The Balaban J connectivity index is 1.41. The summed E-state index contributed by atoms with van der Waals surface area (Å²) < 4.78 is 38.0. The Bertz CT molecular complexity index is 1130. The molecule has 0 saturated carbocycles. The molecular weight excluding hydrogens is 466 g/mol. The van der Waals surface area contributed by atoms with Gasteiger partial charge in [0.05, 0.1) is 5.02 Å². The molecule has 0 bridgehead atoms. The molecule has 4 rings (SSSR count). The van der Waals surface area contributed by atoms with Gasteiger partial charge in [-0.2, -0.15) is 4.31 Å². The van der Waals surface area contributed by atoms with Gasteiger partial charge in [0, 0.05) is 51.4 Å². The topological polar surface area (TPSA) is 79.4 Å². The van der Waals surface area contributed by atoms with E-state index in [2.05, 4.69) is 4.90 Å². The van der Waals surface area contributed by atoms with Crippen molar-refractivity contribution in [2.24, 2.45) is 0 Å². The normalized spacial score (nSPS) is 16.4. The molecule has 8 nitrogen and oxygen atoms in total. The van der Waals surface area contributed by atoms with E-state index in [4.69, 9.17) is 21.1 Å². The molecule has 33 heavy (non-hydrogen) atoms. The maximum atomic E-state index is 13.1. The number of nitrogens with zero attached hydrogens (tertiary/aromatic N) is 3. The first-order chi connectivity index (χ1) is 15.8. The Morgan fingerprint density at radius 1 is 1.00 bits per heavy atom. The second-order valence-corrected chi connectivity index (χ2v) is 10.3. The summed E-state index contributed by atoms with van der Waals surface area (Å²) in [7, 11) is -3.76. The van der Waals surface area contributed by atoms with Crippen LogP contribution < -0.4 is 9.47 Å². The van der Waals surface area contributed by atoms with Crippen molar-refractivity contribution in [2.45, 2.75) is 25.3 Å². The number of carbonyl (C=O) groups excluding carboxylic acids is 1. The molecule has 178 valence electrons. The third-order valence-electron chi connectivity index (χ3n) is 6.00. The quantitative estimate of drug-likeness (QED) is 0.590. The van der Waals surface area contributed by atoms with Crippen molar-refractivity contribution in [1.82, 2.24) is 14.1 Å².